The molecule has 0 spiro atoms. The topological polar surface area (TPSA) is 76.2 Å². The second-order valence-electron chi connectivity index (χ2n) is 5.36. The van der Waals surface area contributed by atoms with Gasteiger partial charge < -0.3 is 14.8 Å². The summed E-state index contributed by atoms with van der Waals surface area (Å²) in [6.45, 7) is 3.15. The van der Waals surface area contributed by atoms with E-state index in [2.05, 4.69) is 15.5 Å². The first-order valence-electron chi connectivity index (χ1n) is 6.95. The molecule has 0 aliphatic carbocycles. The lowest BCUT2D eigenvalue weighted by Crippen LogP contribution is -2.24. The van der Waals surface area contributed by atoms with Crippen LogP contribution in [0.15, 0.2) is 18.3 Å². The number of fused-ring (bicyclic) bond motifs is 2. The lowest BCUT2D eigenvalue weighted by molar-refractivity contribution is -0.116. The summed E-state index contributed by atoms with van der Waals surface area (Å²) in [6, 6.07) is 3.97. The Morgan fingerprint density at radius 3 is 2.76 bits per heavy atom. The van der Waals surface area contributed by atoms with E-state index in [0.29, 0.717) is 25.5 Å². The first-order chi connectivity index (χ1) is 10.2. The molecule has 4 rings (SSSR count). The Kier molecular flexibility index (Phi) is 2.63. The molecule has 1 aromatic heterocycles. The molecule has 2 aromatic rings. The van der Waals surface area contributed by atoms with Crippen LogP contribution in [0.2, 0.25) is 0 Å². The number of anilines is 1. The van der Waals surface area contributed by atoms with Crippen LogP contribution < -0.4 is 14.8 Å². The Bertz CT molecular complexity index is 723. The minimum absolute atomic E-state index is 0.00830. The summed E-state index contributed by atoms with van der Waals surface area (Å²) in [5.41, 5.74) is 3.18. The summed E-state index contributed by atoms with van der Waals surface area (Å²) in [6.07, 6.45) is 2.18. The number of hydrogen-bond donors (Lipinski definition) is 2. The van der Waals surface area contributed by atoms with Crippen molar-refractivity contribution in [2.24, 2.45) is 0 Å². The number of nitrogens with zero attached hydrogens (tertiary/aromatic N) is 1. The first kappa shape index (κ1) is 12.3. The van der Waals surface area contributed by atoms with Crippen LogP contribution >= 0.6 is 0 Å². The van der Waals surface area contributed by atoms with E-state index in [-0.39, 0.29) is 11.8 Å². The summed E-state index contributed by atoms with van der Waals surface area (Å²) in [7, 11) is 0. The Labute approximate surface area is 121 Å². The van der Waals surface area contributed by atoms with Gasteiger partial charge in [0.15, 0.2) is 11.5 Å². The van der Waals surface area contributed by atoms with E-state index >= 15 is 0 Å². The maximum atomic E-state index is 11.9. The molecule has 1 unspecified atom stereocenters. The summed E-state index contributed by atoms with van der Waals surface area (Å²) in [5, 5.41) is 9.68. The van der Waals surface area contributed by atoms with E-state index < -0.39 is 0 Å². The van der Waals surface area contributed by atoms with Crippen LogP contribution in [-0.4, -0.2) is 29.3 Å². The van der Waals surface area contributed by atoms with Gasteiger partial charge in [0.1, 0.15) is 19.0 Å². The largest absolute Gasteiger partial charge is 0.486 e. The average molecular weight is 285 g/mol. The maximum absolute atomic E-state index is 11.9. The van der Waals surface area contributed by atoms with Gasteiger partial charge in [0.2, 0.25) is 5.91 Å². The van der Waals surface area contributed by atoms with Gasteiger partial charge in [0.25, 0.3) is 0 Å². The number of aryl methyl sites for hydroxylation is 1. The van der Waals surface area contributed by atoms with Gasteiger partial charge in [-0.1, -0.05) is 0 Å². The van der Waals surface area contributed by atoms with Crippen molar-refractivity contribution in [1.29, 1.82) is 0 Å². The quantitative estimate of drug-likeness (QED) is 0.840. The standard InChI is InChI=1S/C15H15N3O3/c1-8-4-12-13(21-3-2-20-12)5-9(8)10-6-14(19)17-15-11(10)7-16-18-15/h4-5,7,10H,2-3,6H2,1H3,(H2,16,17,18,19). The summed E-state index contributed by atoms with van der Waals surface area (Å²) in [4.78, 5) is 11.9. The second kappa shape index (κ2) is 4.51. The van der Waals surface area contributed by atoms with Gasteiger partial charge in [-0.15, -0.1) is 0 Å². The molecule has 3 heterocycles. The summed E-state index contributed by atoms with van der Waals surface area (Å²) >= 11 is 0. The number of nitrogens with one attached hydrogen (secondary N) is 2. The van der Waals surface area contributed by atoms with Crippen LogP contribution in [0.3, 0.4) is 0 Å². The molecule has 0 saturated carbocycles. The van der Waals surface area contributed by atoms with Crippen LogP contribution in [0, 0.1) is 6.92 Å². The molecule has 6 heteroatoms. The average Bonchev–Trinajstić information content (AvgIpc) is 2.94. The minimum Gasteiger partial charge on any atom is -0.486 e. The maximum Gasteiger partial charge on any atom is 0.226 e. The fourth-order valence-corrected chi connectivity index (χ4v) is 3.00. The summed E-state index contributed by atoms with van der Waals surface area (Å²) in [5.74, 6) is 2.19. The normalized spacial score (nSPS) is 19.9. The number of aromatic amines is 1. The number of hydrogen-bond acceptors (Lipinski definition) is 4. The van der Waals surface area contributed by atoms with Crippen LogP contribution in [0.5, 0.6) is 11.5 Å². The van der Waals surface area contributed by atoms with Crippen molar-refractivity contribution in [3.63, 3.8) is 0 Å². The number of ether oxygens (including phenoxy) is 2. The van der Waals surface area contributed by atoms with Crippen molar-refractivity contribution in [3.05, 3.63) is 35.0 Å². The van der Waals surface area contributed by atoms with Crippen molar-refractivity contribution in [2.45, 2.75) is 19.3 Å². The zero-order valence-corrected chi connectivity index (χ0v) is 11.6. The predicted octanol–water partition coefficient (Wildman–Crippen LogP) is 1.96. The van der Waals surface area contributed by atoms with E-state index in [4.69, 9.17) is 9.47 Å². The third kappa shape index (κ3) is 1.94. The number of benzene rings is 1. The van der Waals surface area contributed by atoms with Crippen molar-refractivity contribution in [3.8, 4) is 11.5 Å². The molecule has 1 atom stereocenters. The molecule has 2 aliphatic heterocycles. The van der Waals surface area contributed by atoms with Gasteiger partial charge in [-0.05, 0) is 30.2 Å². The number of carbonyl (C=O) groups is 1. The molecule has 1 aromatic carbocycles. The number of rotatable bonds is 1. The van der Waals surface area contributed by atoms with Crippen LogP contribution in [-0.2, 0) is 4.79 Å². The Morgan fingerprint density at radius 2 is 1.95 bits per heavy atom. The molecule has 2 aliphatic rings. The van der Waals surface area contributed by atoms with Crippen LogP contribution in [0.1, 0.15) is 29.0 Å². The zero-order valence-electron chi connectivity index (χ0n) is 11.6. The molecular weight excluding hydrogens is 270 g/mol. The second-order valence-corrected chi connectivity index (χ2v) is 5.36. The molecule has 0 saturated heterocycles. The third-order valence-corrected chi connectivity index (χ3v) is 4.00. The molecule has 1 amide bonds. The molecule has 2 N–H and O–H groups in total. The SMILES string of the molecule is Cc1cc2c(cc1C1CC(=O)Nc3[nH]ncc31)OCCO2. The van der Waals surface area contributed by atoms with Gasteiger partial charge in [0.05, 0.1) is 6.20 Å². The highest BCUT2D eigenvalue weighted by Crippen LogP contribution is 2.41. The number of aromatic nitrogens is 2. The molecule has 0 radical (unpaired) electrons. The van der Waals surface area contributed by atoms with Crippen molar-refractivity contribution in [2.75, 3.05) is 18.5 Å². The monoisotopic (exact) mass is 285 g/mol. The van der Waals surface area contributed by atoms with Crippen molar-refractivity contribution >= 4 is 11.7 Å². The lowest BCUT2D eigenvalue weighted by atomic mass is 9.85. The van der Waals surface area contributed by atoms with Gasteiger partial charge in [-0.3, -0.25) is 9.89 Å². The van der Waals surface area contributed by atoms with E-state index in [0.717, 1.165) is 28.2 Å². The van der Waals surface area contributed by atoms with Gasteiger partial charge in [-0.25, -0.2) is 0 Å². The van der Waals surface area contributed by atoms with E-state index in [1.54, 1.807) is 6.20 Å². The highest BCUT2D eigenvalue weighted by Gasteiger charge is 2.30. The van der Waals surface area contributed by atoms with Gasteiger partial charge >= 0.3 is 0 Å². The van der Waals surface area contributed by atoms with Crippen LogP contribution in [0.25, 0.3) is 0 Å². The van der Waals surface area contributed by atoms with Crippen LogP contribution in [0.4, 0.5) is 5.82 Å². The van der Waals surface area contributed by atoms with E-state index in [9.17, 15) is 4.79 Å². The molecule has 108 valence electrons. The lowest BCUT2D eigenvalue weighted by Gasteiger charge is -2.26. The smallest absolute Gasteiger partial charge is 0.226 e. The Morgan fingerprint density at radius 1 is 1.19 bits per heavy atom. The number of amides is 1. The molecule has 21 heavy (non-hydrogen) atoms. The molecular formula is C15H15N3O3. The third-order valence-electron chi connectivity index (χ3n) is 4.00. The Balaban J connectivity index is 1.82. The highest BCUT2D eigenvalue weighted by atomic mass is 16.6. The molecule has 0 fully saturated rings. The Hall–Kier alpha value is -2.50. The number of carbonyl (C=O) groups excluding carboxylic acids is 1. The van der Waals surface area contributed by atoms with Gasteiger partial charge in [-0.2, -0.15) is 5.10 Å². The molecule has 0 bridgehead atoms. The van der Waals surface area contributed by atoms with Crippen molar-refractivity contribution < 1.29 is 14.3 Å². The minimum atomic E-state index is -0.0108. The van der Waals surface area contributed by atoms with E-state index in [1.807, 2.05) is 19.1 Å². The fourth-order valence-electron chi connectivity index (χ4n) is 3.00. The van der Waals surface area contributed by atoms with Crippen molar-refractivity contribution in [1.82, 2.24) is 10.2 Å². The summed E-state index contributed by atoms with van der Waals surface area (Å²) < 4.78 is 11.3. The predicted molar refractivity (Wildman–Crippen MR) is 75.8 cm³/mol. The van der Waals surface area contributed by atoms with Gasteiger partial charge in [0, 0.05) is 17.9 Å². The molecule has 6 nitrogen and oxygen atoms in total. The first-order valence-corrected chi connectivity index (χ1v) is 6.95. The zero-order chi connectivity index (χ0) is 14.4. The highest BCUT2D eigenvalue weighted by molar-refractivity contribution is 5.94. The fraction of sp³-hybridized carbons (Fsp3) is 0.333. The number of H-pyrrole nitrogens is 1. The van der Waals surface area contributed by atoms with E-state index in [1.165, 1.54) is 0 Å².